The Morgan fingerprint density at radius 3 is 2.68 bits per heavy atom. The van der Waals surface area contributed by atoms with Gasteiger partial charge in [-0.1, -0.05) is 17.4 Å². The van der Waals surface area contributed by atoms with Crippen LogP contribution in [0.4, 0.5) is 18.3 Å². The summed E-state index contributed by atoms with van der Waals surface area (Å²) in [6, 6.07) is 6.75. The minimum atomic E-state index is -4.50. The molecule has 1 aromatic carbocycles. The van der Waals surface area contributed by atoms with Crippen molar-refractivity contribution in [2.45, 2.75) is 6.18 Å². The van der Waals surface area contributed by atoms with Crippen LogP contribution in [0, 0.1) is 0 Å². The molecule has 0 saturated heterocycles. The molecule has 0 atom stereocenters. The van der Waals surface area contributed by atoms with E-state index >= 15 is 0 Å². The van der Waals surface area contributed by atoms with Gasteiger partial charge in [0.05, 0.1) is 15.8 Å². The number of carbonyl (C=O) groups excluding carboxylic acids is 1. The van der Waals surface area contributed by atoms with Gasteiger partial charge in [0.25, 0.3) is 5.91 Å². The van der Waals surface area contributed by atoms with E-state index in [1.807, 2.05) is 0 Å². The maximum atomic E-state index is 12.9. The lowest BCUT2D eigenvalue weighted by Crippen LogP contribution is -2.10. The average Bonchev–Trinajstić information content (AvgIpc) is 3.02. The average molecular weight is 391 g/mol. The number of halogens is 4. The lowest BCUT2D eigenvalue weighted by Gasteiger charge is -2.05. The van der Waals surface area contributed by atoms with Gasteiger partial charge in [-0.3, -0.25) is 10.1 Å². The van der Waals surface area contributed by atoms with Gasteiger partial charge < -0.3 is 4.42 Å². The van der Waals surface area contributed by atoms with Crippen LogP contribution in [0.15, 0.2) is 39.4 Å². The van der Waals surface area contributed by atoms with Gasteiger partial charge in [-0.25, -0.2) is 4.98 Å². The Balaban J connectivity index is 1.94. The van der Waals surface area contributed by atoms with Gasteiger partial charge in [-0.05, 0) is 40.2 Å². The fraction of sp³-hybridized carbons (Fsp3) is 0.0769. The lowest BCUT2D eigenvalue weighted by atomic mass is 10.2. The SMILES string of the molecule is O=C(Nc1nc2c(C(F)(F)F)cccc2s1)c1ccc(Br)o1. The summed E-state index contributed by atoms with van der Waals surface area (Å²) in [5.41, 5.74) is -1.02. The number of hydrogen-bond acceptors (Lipinski definition) is 4. The number of carbonyl (C=O) groups is 1. The number of nitrogens with zero attached hydrogens (tertiary/aromatic N) is 1. The molecule has 114 valence electrons. The van der Waals surface area contributed by atoms with Crippen LogP contribution in [0.3, 0.4) is 0 Å². The van der Waals surface area contributed by atoms with E-state index in [1.54, 1.807) is 0 Å². The number of para-hydroxylation sites is 1. The van der Waals surface area contributed by atoms with Crippen LogP contribution in [0.1, 0.15) is 16.1 Å². The van der Waals surface area contributed by atoms with Crippen LogP contribution < -0.4 is 5.32 Å². The first-order valence-corrected chi connectivity index (χ1v) is 7.49. The predicted octanol–water partition coefficient (Wildman–Crippen LogP) is 4.92. The predicted molar refractivity (Wildman–Crippen MR) is 79.0 cm³/mol. The molecule has 2 aromatic heterocycles. The van der Waals surface area contributed by atoms with Crippen LogP contribution in [-0.4, -0.2) is 10.9 Å². The molecule has 3 aromatic rings. The van der Waals surface area contributed by atoms with Crippen molar-refractivity contribution in [3.8, 4) is 0 Å². The van der Waals surface area contributed by atoms with Crippen molar-refractivity contribution in [1.29, 1.82) is 0 Å². The van der Waals surface area contributed by atoms with E-state index in [0.29, 0.717) is 9.37 Å². The highest BCUT2D eigenvalue weighted by Gasteiger charge is 2.33. The third-order valence-corrected chi connectivity index (χ3v) is 4.10. The number of aromatic nitrogens is 1. The molecule has 0 saturated carbocycles. The molecule has 22 heavy (non-hydrogen) atoms. The minimum absolute atomic E-state index is 0.0298. The highest BCUT2D eigenvalue weighted by atomic mass is 79.9. The van der Waals surface area contributed by atoms with Gasteiger partial charge in [0.1, 0.15) is 0 Å². The van der Waals surface area contributed by atoms with Crippen molar-refractivity contribution in [2.24, 2.45) is 0 Å². The molecule has 0 fully saturated rings. The number of anilines is 1. The first-order chi connectivity index (χ1) is 10.3. The summed E-state index contributed by atoms with van der Waals surface area (Å²) in [6.45, 7) is 0. The van der Waals surface area contributed by atoms with Crippen molar-refractivity contribution < 1.29 is 22.4 Å². The maximum absolute atomic E-state index is 12.9. The molecule has 0 unspecified atom stereocenters. The molecule has 1 N–H and O–H groups in total. The van der Waals surface area contributed by atoms with Gasteiger partial charge in [-0.2, -0.15) is 13.2 Å². The Morgan fingerprint density at radius 1 is 1.27 bits per heavy atom. The van der Waals surface area contributed by atoms with Gasteiger partial charge in [-0.15, -0.1) is 0 Å². The number of rotatable bonds is 2. The molecule has 2 heterocycles. The number of thiazole rings is 1. The minimum Gasteiger partial charge on any atom is -0.444 e. The van der Waals surface area contributed by atoms with Crippen LogP contribution in [0.5, 0.6) is 0 Å². The molecule has 0 radical (unpaired) electrons. The fourth-order valence-corrected chi connectivity index (χ4v) is 3.02. The second-order valence-electron chi connectivity index (χ2n) is 4.23. The Bertz CT molecular complexity index is 856. The van der Waals surface area contributed by atoms with Crippen LogP contribution in [0.25, 0.3) is 10.2 Å². The molecule has 0 aliphatic rings. The van der Waals surface area contributed by atoms with Gasteiger partial charge >= 0.3 is 6.18 Å². The Kier molecular flexibility index (Phi) is 3.69. The van der Waals surface area contributed by atoms with E-state index in [2.05, 4.69) is 26.2 Å². The van der Waals surface area contributed by atoms with E-state index in [-0.39, 0.29) is 16.4 Å². The molecule has 0 aliphatic carbocycles. The molecule has 4 nitrogen and oxygen atoms in total. The molecule has 0 spiro atoms. The number of fused-ring (bicyclic) bond motifs is 1. The highest BCUT2D eigenvalue weighted by Crippen LogP contribution is 2.37. The van der Waals surface area contributed by atoms with E-state index in [9.17, 15) is 18.0 Å². The number of furan rings is 1. The topological polar surface area (TPSA) is 55.1 Å². The summed E-state index contributed by atoms with van der Waals surface area (Å²) in [4.78, 5) is 15.8. The Labute approximate surface area is 134 Å². The van der Waals surface area contributed by atoms with Crippen molar-refractivity contribution in [3.05, 3.63) is 46.3 Å². The number of amides is 1. The lowest BCUT2D eigenvalue weighted by molar-refractivity contribution is -0.136. The molecule has 1 amide bonds. The monoisotopic (exact) mass is 390 g/mol. The van der Waals surface area contributed by atoms with Crippen LogP contribution in [-0.2, 0) is 6.18 Å². The third kappa shape index (κ3) is 2.86. The largest absolute Gasteiger partial charge is 0.444 e. The molecular weight excluding hydrogens is 385 g/mol. The molecule has 0 bridgehead atoms. The summed E-state index contributed by atoms with van der Waals surface area (Å²) in [7, 11) is 0. The third-order valence-electron chi connectivity index (χ3n) is 2.74. The summed E-state index contributed by atoms with van der Waals surface area (Å²) in [5, 5.41) is 2.50. The fourth-order valence-electron chi connectivity index (χ4n) is 1.83. The maximum Gasteiger partial charge on any atom is 0.418 e. The van der Waals surface area contributed by atoms with E-state index in [4.69, 9.17) is 4.42 Å². The molecule has 9 heteroatoms. The zero-order valence-corrected chi connectivity index (χ0v) is 13.0. The Morgan fingerprint density at radius 2 is 2.05 bits per heavy atom. The second kappa shape index (κ2) is 5.40. The molecule has 3 rings (SSSR count). The van der Waals surface area contributed by atoms with Crippen molar-refractivity contribution in [2.75, 3.05) is 5.32 Å². The summed E-state index contributed by atoms with van der Waals surface area (Å²) >= 11 is 4.02. The van der Waals surface area contributed by atoms with Gasteiger partial charge in [0.15, 0.2) is 15.6 Å². The van der Waals surface area contributed by atoms with Crippen LogP contribution >= 0.6 is 27.3 Å². The first kappa shape index (κ1) is 15.0. The standard InChI is InChI=1S/C13H6BrF3N2O2S/c14-9-5-4-7(21-9)11(20)19-12-18-10-6(13(15,16)17)2-1-3-8(10)22-12/h1-5H,(H,18,19,20). The summed E-state index contributed by atoms with van der Waals surface area (Å²) in [5.74, 6) is -0.555. The van der Waals surface area contributed by atoms with E-state index in [1.165, 1.54) is 24.3 Å². The number of benzene rings is 1. The normalized spacial score (nSPS) is 11.8. The Hall–Kier alpha value is -1.87. The van der Waals surface area contributed by atoms with Crippen molar-refractivity contribution >= 4 is 48.5 Å². The number of nitrogens with one attached hydrogen (secondary N) is 1. The van der Waals surface area contributed by atoms with Gasteiger partial charge in [0.2, 0.25) is 0 Å². The highest BCUT2D eigenvalue weighted by molar-refractivity contribution is 9.10. The number of hydrogen-bond donors (Lipinski definition) is 1. The summed E-state index contributed by atoms with van der Waals surface area (Å²) in [6.07, 6.45) is -4.50. The first-order valence-electron chi connectivity index (χ1n) is 5.88. The summed E-state index contributed by atoms with van der Waals surface area (Å²) < 4.78 is 44.5. The van der Waals surface area contributed by atoms with E-state index in [0.717, 1.165) is 17.4 Å². The quantitative estimate of drug-likeness (QED) is 0.675. The van der Waals surface area contributed by atoms with E-state index < -0.39 is 17.6 Å². The van der Waals surface area contributed by atoms with Crippen molar-refractivity contribution in [1.82, 2.24) is 4.98 Å². The second-order valence-corrected chi connectivity index (χ2v) is 6.04. The molecule has 0 aliphatic heterocycles. The zero-order valence-electron chi connectivity index (χ0n) is 10.6. The van der Waals surface area contributed by atoms with Gasteiger partial charge in [0, 0.05) is 0 Å². The van der Waals surface area contributed by atoms with Crippen molar-refractivity contribution in [3.63, 3.8) is 0 Å². The zero-order chi connectivity index (χ0) is 15.9. The molecular formula is C13H6BrF3N2O2S. The number of alkyl halides is 3. The smallest absolute Gasteiger partial charge is 0.418 e. The van der Waals surface area contributed by atoms with Crippen LogP contribution in [0.2, 0.25) is 0 Å².